The van der Waals surface area contributed by atoms with Crippen molar-refractivity contribution in [3.63, 3.8) is 0 Å². The molecule has 0 spiro atoms. The third-order valence-electron chi connectivity index (χ3n) is 6.26. The van der Waals surface area contributed by atoms with Gasteiger partial charge < -0.3 is 20.7 Å². The third-order valence-corrected chi connectivity index (χ3v) is 7.68. The first-order valence-corrected chi connectivity index (χ1v) is 13.5. The van der Waals surface area contributed by atoms with Crippen molar-refractivity contribution in [1.82, 2.24) is 10.2 Å². The first kappa shape index (κ1) is 29.6. The summed E-state index contributed by atoms with van der Waals surface area (Å²) in [5.74, 6) is 1.80. The van der Waals surface area contributed by atoms with E-state index in [0.29, 0.717) is 18.8 Å². The molecule has 1 aliphatic heterocycles. The number of nitrogens with zero attached hydrogens (tertiary/aromatic N) is 2. The molecule has 2 rings (SSSR count). The fourth-order valence-electron chi connectivity index (χ4n) is 3.71. The number of allylic oxidation sites excluding steroid dienone is 2. The van der Waals surface area contributed by atoms with Crippen LogP contribution in [-0.2, 0) is 11.2 Å². The number of hydrogen-bond acceptors (Lipinski definition) is 5. The summed E-state index contributed by atoms with van der Waals surface area (Å²) in [5.41, 5.74) is 11.2. The van der Waals surface area contributed by atoms with Gasteiger partial charge >= 0.3 is 0 Å². The summed E-state index contributed by atoms with van der Waals surface area (Å²) in [6, 6.07) is 4.40. The van der Waals surface area contributed by atoms with Crippen molar-refractivity contribution in [1.29, 1.82) is 0 Å². The molecule has 1 aromatic rings. The Hall–Kier alpha value is -2.67. The molecular weight excluding hydrogens is 468 g/mol. The first-order valence-electron chi connectivity index (χ1n) is 12.7. The lowest BCUT2D eigenvalue weighted by Gasteiger charge is -2.31. The van der Waals surface area contributed by atoms with E-state index < -0.39 is 5.41 Å². The summed E-state index contributed by atoms with van der Waals surface area (Å²) in [7, 11) is 0. The molecule has 3 N–H and O–H groups in total. The molecule has 0 aromatic heterocycles. The zero-order valence-corrected chi connectivity index (χ0v) is 24.2. The minimum atomic E-state index is -0.419. The molecular formula is C29H44N4O2S. The van der Waals surface area contributed by atoms with Gasteiger partial charge in [-0.3, -0.25) is 4.79 Å². The van der Waals surface area contributed by atoms with Crippen LogP contribution >= 0.6 is 11.8 Å². The van der Waals surface area contributed by atoms with Gasteiger partial charge in [0, 0.05) is 47.3 Å². The molecule has 6 nitrogen and oxygen atoms in total. The van der Waals surface area contributed by atoms with Gasteiger partial charge in [-0.2, -0.15) is 0 Å². The van der Waals surface area contributed by atoms with Crippen molar-refractivity contribution in [2.75, 3.05) is 19.7 Å². The number of nitrogens with two attached hydrogens (primary N) is 1. The number of aliphatic imine (C=N–C) groups is 1. The Morgan fingerprint density at radius 1 is 1.31 bits per heavy atom. The van der Waals surface area contributed by atoms with Crippen LogP contribution in [-0.4, -0.2) is 36.3 Å². The largest absolute Gasteiger partial charge is 0.493 e. The van der Waals surface area contributed by atoms with Gasteiger partial charge in [-0.25, -0.2) is 4.99 Å². The van der Waals surface area contributed by atoms with E-state index in [9.17, 15) is 4.79 Å². The number of amidine groups is 1. The molecule has 1 aromatic carbocycles. The smallest absolute Gasteiger partial charge is 0.225 e. The Morgan fingerprint density at radius 2 is 2.00 bits per heavy atom. The predicted octanol–water partition coefficient (Wildman–Crippen LogP) is 6.31. The molecule has 0 saturated heterocycles. The number of hydrogen-bond donors (Lipinski definition) is 2. The van der Waals surface area contributed by atoms with Crippen LogP contribution < -0.4 is 15.8 Å². The molecule has 0 unspecified atom stereocenters. The average Bonchev–Trinajstić information content (AvgIpc) is 3.27. The SMILES string of the molecule is C=CN=C(/C(C)=C(\C)N)N(CCCNC(=O)C(C)(C)C)/C(Sc1cc2c(cc1C)CCO2)=C(/C)CC. The normalized spacial score (nSPS) is 14.9. The molecule has 0 aliphatic carbocycles. The Labute approximate surface area is 222 Å². The van der Waals surface area contributed by atoms with E-state index in [1.165, 1.54) is 16.7 Å². The Kier molecular flexibility index (Phi) is 10.7. The Morgan fingerprint density at radius 3 is 2.58 bits per heavy atom. The van der Waals surface area contributed by atoms with Gasteiger partial charge in [0.05, 0.1) is 11.6 Å². The van der Waals surface area contributed by atoms with E-state index in [1.807, 2.05) is 34.6 Å². The molecule has 36 heavy (non-hydrogen) atoms. The summed E-state index contributed by atoms with van der Waals surface area (Å²) in [6.07, 6.45) is 4.17. The molecule has 1 heterocycles. The third kappa shape index (κ3) is 7.66. The molecule has 0 saturated carbocycles. The number of rotatable bonds is 10. The number of carbonyl (C=O) groups excluding carboxylic acids is 1. The molecule has 1 aliphatic rings. The number of carbonyl (C=O) groups is 1. The number of aryl methyl sites for hydroxylation is 1. The van der Waals surface area contributed by atoms with E-state index in [0.717, 1.165) is 53.0 Å². The van der Waals surface area contributed by atoms with Gasteiger partial charge in [-0.05, 0) is 63.3 Å². The standard InChI is InChI=1S/C29H44N4O2S/c1-10-19(3)27(36-25-18-24-23(13-16-35-24)17-20(25)4)33(26(31-11-2)21(5)22(6)30)15-12-14-32-28(34)29(7,8)9/h11,17-18H,2,10,12-16,30H2,1,3-9H3,(H,32,34)/b22-21+,27-19+,31-26?. The molecule has 0 fully saturated rings. The topological polar surface area (TPSA) is 80.0 Å². The first-order chi connectivity index (χ1) is 16.9. The van der Waals surface area contributed by atoms with Crippen LogP contribution in [0.3, 0.4) is 0 Å². The zero-order valence-electron chi connectivity index (χ0n) is 23.4. The van der Waals surface area contributed by atoms with Crippen molar-refractivity contribution < 1.29 is 9.53 Å². The highest BCUT2D eigenvalue weighted by Gasteiger charge is 2.24. The molecule has 7 heteroatoms. The summed E-state index contributed by atoms with van der Waals surface area (Å²) >= 11 is 1.73. The second-order valence-electron chi connectivity index (χ2n) is 10.3. The van der Waals surface area contributed by atoms with E-state index in [4.69, 9.17) is 10.5 Å². The number of fused-ring (bicyclic) bond motifs is 1. The molecule has 0 radical (unpaired) electrons. The average molecular weight is 513 g/mol. The molecule has 1 amide bonds. The van der Waals surface area contributed by atoms with E-state index in [1.54, 1.807) is 18.0 Å². The van der Waals surface area contributed by atoms with E-state index in [2.05, 4.69) is 54.7 Å². The highest BCUT2D eigenvalue weighted by Crippen LogP contribution is 2.40. The maximum atomic E-state index is 12.4. The van der Waals surface area contributed by atoms with Gasteiger partial charge in [-0.15, -0.1) is 0 Å². The highest BCUT2D eigenvalue weighted by atomic mass is 32.2. The Balaban J connectivity index is 2.47. The summed E-state index contributed by atoms with van der Waals surface area (Å²) in [6.45, 7) is 22.0. The Bertz CT molecular complexity index is 1060. The minimum Gasteiger partial charge on any atom is -0.493 e. The van der Waals surface area contributed by atoms with Crippen molar-refractivity contribution in [2.24, 2.45) is 16.1 Å². The van der Waals surface area contributed by atoms with Gasteiger partial charge in [0.15, 0.2) is 0 Å². The maximum absolute atomic E-state index is 12.4. The lowest BCUT2D eigenvalue weighted by molar-refractivity contribution is -0.128. The van der Waals surface area contributed by atoms with Crippen LogP contribution in [0.4, 0.5) is 0 Å². The van der Waals surface area contributed by atoms with E-state index in [-0.39, 0.29) is 5.91 Å². The summed E-state index contributed by atoms with van der Waals surface area (Å²) < 4.78 is 5.86. The van der Waals surface area contributed by atoms with Crippen LogP contribution in [0.25, 0.3) is 0 Å². The lowest BCUT2D eigenvalue weighted by atomic mass is 9.96. The predicted molar refractivity (Wildman–Crippen MR) is 153 cm³/mol. The molecule has 0 bridgehead atoms. The maximum Gasteiger partial charge on any atom is 0.225 e. The van der Waals surface area contributed by atoms with Crippen molar-refractivity contribution >= 4 is 23.5 Å². The van der Waals surface area contributed by atoms with Crippen molar-refractivity contribution in [3.8, 4) is 5.75 Å². The van der Waals surface area contributed by atoms with Crippen molar-refractivity contribution in [3.05, 3.63) is 57.9 Å². The monoisotopic (exact) mass is 512 g/mol. The lowest BCUT2D eigenvalue weighted by Crippen LogP contribution is -2.38. The quantitative estimate of drug-likeness (QED) is 0.166. The fraction of sp³-hybridized carbons (Fsp3) is 0.517. The molecule has 198 valence electrons. The second-order valence-corrected chi connectivity index (χ2v) is 11.4. The van der Waals surface area contributed by atoms with Gasteiger partial charge in [0.2, 0.25) is 5.91 Å². The summed E-state index contributed by atoms with van der Waals surface area (Å²) in [5, 5.41) is 4.18. The van der Waals surface area contributed by atoms with Crippen LogP contribution in [0.5, 0.6) is 5.75 Å². The van der Waals surface area contributed by atoms with Gasteiger partial charge in [-0.1, -0.05) is 52.1 Å². The number of ether oxygens (including phenoxy) is 1. The zero-order chi connectivity index (χ0) is 27.0. The van der Waals surface area contributed by atoms with Crippen LogP contribution in [0.1, 0.15) is 72.4 Å². The highest BCUT2D eigenvalue weighted by molar-refractivity contribution is 8.03. The van der Waals surface area contributed by atoms with Crippen LogP contribution in [0.2, 0.25) is 0 Å². The van der Waals surface area contributed by atoms with Gasteiger partial charge in [0.25, 0.3) is 0 Å². The fourth-order valence-corrected chi connectivity index (χ4v) is 4.91. The number of nitrogens with one attached hydrogen (secondary N) is 1. The van der Waals surface area contributed by atoms with Gasteiger partial charge in [0.1, 0.15) is 11.6 Å². The van der Waals surface area contributed by atoms with Crippen LogP contribution in [0.15, 0.2) is 56.7 Å². The van der Waals surface area contributed by atoms with Crippen molar-refractivity contribution in [2.45, 2.75) is 79.5 Å². The summed E-state index contributed by atoms with van der Waals surface area (Å²) in [4.78, 5) is 20.5. The number of thioether (sulfide) groups is 1. The minimum absolute atomic E-state index is 0.0477. The number of benzene rings is 1. The number of amides is 1. The van der Waals surface area contributed by atoms with E-state index >= 15 is 0 Å². The van der Waals surface area contributed by atoms with Crippen LogP contribution in [0, 0.1) is 12.3 Å². The molecule has 0 atom stereocenters. The second kappa shape index (κ2) is 13.0.